The van der Waals surface area contributed by atoms with E-state index < -0.39 is 5.41 Å². The van der Waals surface area contributed by atoms with Gasteiger partial charge in [0.05, 0.1) is 6.07 Å². The number of carbonyl (C=O) groups is 1. The van der Waals surface area contributed by atoms with Crippen molar-refractivity contribution in [3.8, 4) is 6.07 Å². The number of fused-ring (bicyclic) bond motifs is 1. The van der Waals surface area contributed by atoms with Crippen LogP contribution in [0.15, 0.2) is 42.5 Å². The van der Waals surface area contributed by atoms with Gasteiger partial charge in [-0.15, -0.1) is 0 Å². The number of nitrogens with one attached hydrogen (secondary N) is 1. The molecule has 2 rings (SSSR count). The number of rotatable bonds is 3. The van der Waals surface area contributed by atoms with Crippen molar-refractivity contribution in [3.63, 3.8) is 0 Å². The van der Waals surface area contributed by atoms with E-state index in [0.717, 1.165) is 16.3 Å². The second-order valence-corrected chi connectivity index (χ2v) is 5.06. The van der Waals surface area contributed by atoms with Crippen LogP contribution < -0.4 is 5.32 Å². The molecule has 0 fully saturated rings. The van der Waals surface area contributed by atoms with E-state index in [2.05, 4.69) is 5.32 Å². The van der Waals surface area contributed by atoms with E-state index in [1.54, 1.807) is 13.8 Å². The van der Waals surface area contributed by atoms with Crippen LogP contribution in [-0.2, 0) is 11.3 Å². The minimum atomic E-state index is -0.995. The van der Waals surface area contributed by atoms with Crippen molar-refractivity contribution in [3.05, 3.63) is 48.0 Å². The quantitative estimate of drug-likeness (QED) is 0.913. The molecule has 0 unspecified atom stereocenters. The molecule has 0 aliphatic carbocycles. The molecule has 19 heavy (non-hydrogen) atoms. The number of hydrogen-bond acceptors (Lipinski definition) is 2. The molecule has 2 aromatic carbocycles. The van der Waals surface area contributed by atoms with Gasteiger partial charge < -0.3 is 5.32 Å². The summed E-state index contributed by atoms with van der Waals surface area (Å²) in [5.41, 5.74) is 0.0603. The van der Waals surface area contributed by atoms with Crippen LogP contribution in [0.1, 0.15) is 19.4 Å². The molecule has 1 N–H and O–H groups in total. The number of nitriles is 1. The molecule has 0 spiro atoms. The van der Waals surface area contributed by atoms with Gasteiger partial charge in [-0.3, -0.25) is 4.79 Å². The smallest absolute Gasteiger partial charge is 0.240 e. The lowest BCUT2D eigenvalue weighted by Crippen LogP contribution is -2.35. The SMILES string of the molecule is CC(C)(C#N)C(=O)NCc1cccc2ccccc12. The van der Waals surface area contributed by atoms with Gasteiger partial charge in [0.25, 0.3) is 0 Å². The van der Waals surface area contributed by atoms with E-state index in [4.69, 9.17) is 5.26 Å². The van der Waals surface area contributed by atoms with Crippen LogP contribution in [0.4, 0.5) is 0 Å². The van der Waals surface area contributed by atoms with Crippen LogP contribution in [0.5, 0.6) is 0 Å². The Labute approximate surface area is 112 Å². The zero-order chi connectivity index (χ0) is 13.9. The van der Waals surface area contributed by atoms with E-state index in [1.807, 2.05) is 48.5 Å². The second-order valence-electron chi connectivity index (χ2n) is 5.06. The van der Waals surface area contributed by atoms with Crippen LogP contribution in [0.2, 0.25) is 0 Å². The molecule has 0 aromatic heterocycles. The van der Waals surface area contributed by atoms with Crippen molar-refractivity contribution in [2.75, 3.05) is 0 Å². The fourth-order valence-electron chi connectivity index (χ4n) is 1.89. The Morgan fingerprint density at radius 2 is 1.89 bits per heavy atom. The number of nitrogens with zero attached hydrogens (tertiary/aromatic N) is 1. The summed E-state index contributed by atoms with van der Waals surface area (Å²) < 4.78 is 0. The van der Waals surface area contributed by atoms with Crippen molar-refractivity contribution < 1.29 is 4.79 Å². The summed E-state index contributed by atoms with van der Waals surface area (Å²) in [6.45, 7) is 3.67. The van der Waals surface area contributed by atoms with Crippen molar-refractivity contribution in [2.45, 2.75) is 20.4 Å². The van der Waals surface area contributed by atoms with Gasteiger partial charge in [0.1, 0.15) is 5.41 Å². The molecular weight excluding hydrogens is 236 g/mol. The van der Waals surface area contributed by atoms with Gasteiger partial charge in [-0.1, -0.05) is 42.5 Å². The van der Waals surface area contributed by atoms with Crippen molar-refractivity contribution >= 4 is 16.7 Å². The predicted octanol–water partition coefficient (Wildman–Crippen LogP) is 3.01. The Balaban J connectivity index is 2.20. The lowest BCUT2D eigenvalue weighted by atomic mass is 9.94. The third-order valence-corrected chi connectivity index (χ3v) is 3.17. The molecule has 0 heterocycles. The van der Waals surface area contributed by atoms with Crippen LogP contribution in [0, 0.1) is 16.7 Å². The van der Waals surface area contributed by atoms with E-state index in [-0.39, 0.29) is 5.91 Å². The van der Waals surface area contributed by atoms with Gasteiger partial charge in [0, 0.05) is 6.54 Å². The highest BCUT2D eigenvalue weighted by molar-refractivity contribution is 5.87. The standard InChI is InChI=1S/C16H16N2O/c1-16(2,11-17)15(19)18-10-13-8-5-7-12-6-3-4-9-14(12)13/h3-9H,10H2,1-2H3,(H,18,19). The van der Waals surface area contributed by atoms with Crippen LogP contribution in [-0.4, -0.2) is 5.91 Å². The first-order valence-corrected chi connectivity index (χ1v) is 6.21. The van der Waals surface area contributed by atoms with Crippen molar-refractivity contribution in [1.82, 2.24) is 5.32 Å². The first-order valence-electron chi connectivity index (χ1n) is 6.21. The molecule has 0 bridgehead atoms. The molecule has 3 heteroatoms. The summed E-state index contributed by atoms with van der Waals surface area (Å²) in [5.74, 6) is -0.247. The van der Waals surface area contributed by atoms with E-state index in [0.29, 0.717) is 6.54 Å². The topological polar surface area (TPSA) is 52.9 Å². The van der Waals surface area contributed by atoms with Gasteiger partial charge in [-0.2, -0.15) is 5.26 Å². The fraction of sp³-hybridized carbons (Fsp3) is 0.250. The average Bonchev–Trinajstić information content (AvgIpc) is 2.44. The fourth-order valence-corrected chi connectivity index (χ4v) is 1.89. The maximum Gasteiger partial charge on any atom is 0.240 e. The summed E-state index contributed by atoms with van der Waals surface area (Å²) in [4.78, 5) is 11.9. The maximum absolute atomic E-state index is 11.9. The molecule has 0 atom stereocenters. The van der Waals surface area contributed by atoms with Crippen molar-refractivity contribution in [2.24, 2.45) is 5.41 Å². The van der Waals surface area contributed by atoms with E-state index >= 15 is 0 Å². The molecule has 0 aliphatic heterocycles. The molecular formula is C16H16N2O. The minimum absolute atomic E-state index is 0.247. The Kier molecular flexibility index (Phi) is 3.52. The zero-order valence-electron chi connectivity index (χ0n) is 11.1. The summed E-state index contributed by atoms with van der Waals surface area (Å²) in [5, 5.41) is 14.0. The van der Waals surface area contributed by atoms with Crippen LogP contribution in [0.3, 0.4) is 0 Å². The average molecular weight is 252 g/mol. The van der Waals surface area contributed by atoms with Crippen LogP contribution >= 0.6 is 0 Å². The highest BCUT2D eigenvalue weighted by Crippen LogP contribution is 2.19. The molecule has 3 nitrogen and oxygen atoms in total. The van der Waals surface area contributed by atoms with Crippen molar-refractivity contribution in [1.29, 1.82) is 5.26 Å². The largest absolute Gasteiger partial charge is 0.351 e. The number of carbonyl (C=O) groups excluding carboxylic acids is 1. The van der Waals surface area contributed by atoms with Crippen LogP contribution in [0.25, 0.3) is 10.8 Å². The summed E-state index contributed by atoms with van der Waals surface area (Å²) in [6, 6.07) is 16.0. The molecule has 0 saturated carbocycles. The van der Waals surface area contributed by atoms with E-state index in [9.17, 15) is 4.79 Å². The van der Waals surface area contributed by atoms with Gasteiger partial charge in [-0.05, 0) is 30.2 Å². The second kappa shape index (κ2) is 5.11. The lowest BCUT2D eigenvalue weighted by molar-refractivity contribution is -0.126. The lowest BCUT2D eigenvalue weighted by Gasteiger charge is -2.15. The Bertz CT molecular complexity index is 648. The minimum Gasteiger partial charge on any atom is -0.351 e. The normalized spacial score (nSPS) is 11.0. The highest BCUT2D eigenvalue weighted by atomic mass is 16.2. The molecule has 0 aliphatic rings. The van der Waals surface area contributed by atoms with Gasteiger partial charge >= 0.3 is 0 Å². The number of hydrogen-bond donors (Lipinski definition) is 1. The summed E-state index contributed by atoms with van der Waals surface area (Å²) in [7, 11) is 0. The Morgan fingerprint density at radius 1 is 1.21 bits per heavy atom. The summed E-state index contributed by atoms with van der Waals surface area (Å²) >= 11 is 0. The molecule has 1 amide bonds. The Hall–Kier alpha value is -2.34. The van der Waals surface area contributed by atoms with Gasteiger partial charge in [-0.25, -0.2) is 0 Å². The third-order valence-electron chi connectivity index (χ3n) is 3.17. The van der Waals surface area contributed by atoms with Gasteiger partial charge in [0.15, 0.2) is 0 Å². The first kappa shape index (κ1) is 13.1. The third kappa shape index (κ3) is 2.74. The highest BCUT2D eigenvalue weighted by Gasteiger charge is 2.26. The molecule has 2 aromatic rings. The number of amides is 1. The molecule has 0 saturated heterocycles. The maximum atomic E-state index is 11.9. The van der Waals surface area contributed by atoms with Gasteiger partial charge in [0.2, 0.25) is 5.91 Å². The number of benzene rings is 2. The monoisotopic (exact) mass is 252 g/mol. The molecule has 0 radical (unpaired) electrons. The Morgan fingerprint density at radius 3 is 2.63 bits per heavy atom. The molecule has 96 valence electrons. The first-order chi connectivity index (χ1) is 9.04. The van der Waals surface area contributed by atoms with E-state index in [1.165, 1.54) is 0 Å². The zero-order valence-corrected chi connectivity index (χ0v) is 11.1. The predicted molar refractivity (Wildman–Crippen MR) is 75.2 cm³/mol. The summed E-state index contributed by atoms with van der Waals surface area (Å²) in [6.07, 6.45) is 0.